The van der Waals surface area contributed by atoms with E-state index in [2.05, 4.69) is 32.7 Å². The Labute approximate surface area is 169 Å². The molecule has 3 atom stereocenters. The smallest absolute Gasteiger partial charge is 0.320 e. The number of carbonyl (C=O) groups excluding carboxylic acids is 1. The van der Waals surface area contributed by atoms with Crippen molar-refractivity contribution in [2.45, 2.75) is 32.4 Å². The van der Waals surface area contributed by atoms with Gasteiger partial charge in [0.2, 0.25) is 5.88 Å². The molecule has 8 heteroatoms. The van der Waals surface area contributed by atoms with E-state index in [1.165, 1.54) is 0 Å². The second-order valence-corrected chi connectivity index (χ2v) is 7.37. The van der Waals surface area contributed by atoms with Crippen LogP contribution in [0.5, 0.6) is 5.88 Å². The molecule has 4 rings (SSSR count). The molecule has 2 aromatic heterocycles. The van der Waals surface area contributed by atoms with Gasteiger partial charge in [0.15, 0.2) is 0 Å². The van der Waals surface area contributed by atoms with Crippen LogP contribution in [0.4, 0.5) is 10.6 Å². The molecule has 0 spiro atoms. The van der Waals surface area contributed by atoms with Gasteiger partial charge in [0, 0.05) is 24.6 Å². The van der Waals surface area contributed by atoms with Gasteiger partial charge < -0.3 is 14.8 Å². The molecule has 0 radical (unpaired) electrons. The monoisotopic (exact) mass is 395 g/mol. The molecule has 1 aromatic carbocycles. The molecule has 1 fully saturated rings. The first-order valence-corrected chi connectivity index (χ1v) is 9.81. The molecule has 1 aliphatic heterocycles. The number of benzene rings is 1. The van der Waals surface area contributed by atoms with Crippen molar-refractivity contribution >= 4 is 22.8 Å². The van der Waals surface area contributed by atoms with Crippen LogP contribution in [-0.2, 0) is 4.74 Å². The molecule has 0 bridgehead atoms. The molecule has 0 aliphatic carbocycles. The Balaban J connectivity index is 1.41. The normalized spacial score (nSPS) is 20.2. The molecular weight excluding hydrogens is 370 g/mol. The Hall–Kier alpha value is -3.13. The van der Waals surface area contributed by atoms with Crippen molar-refractivity contribution in [2.75, 3.05) is 18.5 Å². The summed E-state index contributed by atoms with van der Waals surface area (Å²) in [7, 11) is 0. The Kier molecular flexibility index (Phi) is 5.62. The van der Waals surface area contributed by atoms with E-state index in [4.69, 9.17) is 9.47 Å². The highest BCUT2D eigenvalue weighted by molar-refractivity contribution is 5.92. The highest BCUT2D eigenvalue weighted by Crippen LogP contribution is 2.27. The second-order valence-electron chi connectivity index (χ2n) is 7.37. The maximum Gasteiger partial charge on any atom is 0.320 e. The van der Waals surface area contributed by atoms with E-state index in [1.54, 1.807) is 12.3 Å². The minimum absolute atomic E-state index is 0.0679. The zero-order valence-corrected chi connectivity index (χ0v) is 16.5. The van der Waals surface area contributed by atoms with Crippen molar-refractivity contribution in [3.8, 4) is 5.88 Å². The van der Waals surface area contributed by atoms with E-state index >= 15 is 0 Å². The van der Waals surface area contributed by atoms with E-state index < -0.39 is 0 Å². The van der Waals surface area contributed by atoms with Crippen molar-refractivity contribution in [1.82, 2.24) is 20.5 Å². The molecule has 0 saturated carbocycles. The fraction of sp³-hybridized carbons (Fsp3) is 0.381. The minimum Gasteiger partial charge on any atom is -0.472 e. The molecule has 3 aromatic rings. The van der Waals surface area contributed by atoms with Crippen LogP contribution in [0.25, 0.3) is 10.9 Å². The zero-order valence-electron chi connectivity index (χ0n) is 16.5. The van der Waals surface area contributed by atoms with Crippen molar-refractivity contribution in [3.05, 3.63) is 48.2 Å². The van der Waals surface area contributed by atoms with Gasteiger partial charge in [0.05, 0.1) is 30.2 Å². The number of rotatable bonds is 5. The number of ether oxygens (including phenoxy) is 2. The van der Waals surface area contributed by atoms with Crippen molar-refractivity contribution in [3.63, 3.8) is 0 Å². The van der Waals surface area contributed by atoms with Crippen LogP contribution in [0, 0.1) is 5.92 Å². The first-order valence-electron chi connectivity index (χ1n) is 9.81. The van der Waals surface area contributed by atoms with E-state index in [0.29, 0.717) is 30.8 Å². The number of nitrogens with zero attached hydrogens (tertiary/aromatic N) is 2. The first kappa shape index (κ1) is 19.2. The third-order valence-electron chi connectivity index (χ3n) is 5.13. The lowest BCUT2D eigenvalue weighted by atomic mass is 10.0. The molecule has 1 aliphatic rings. The number of hydrogen-bond acceptors (Lipinski definition) is 5. The van der Waals surface area contributed by atoms with Crippen LogP contribution in [0.1, 0.15) is 31.9 Å². The van der Waals surface area contributed by atoms with Crippen LogP contribution in [0.15, 0.2) is 42.6 Å². The predicted molar refractivity (Wildman–Crippen MR) is 110 cm³/mol. The highest BCUT2D eigenvalue weighted by Gasteiger charge is 2.25. The summed E-state index contributed by atoms with van der Waals surface area (Å²) in [4.78, 5) is 16.6. The molecular formula is C21H25N5O3. The van der Waals surface area contributed by atoms with Gasteiger partial charge in [-0.25, -0.2) is 9.78 Å². The zero-order chi connectivity index (χ0) is 20.2. The summed E-state index contributed by atoms with van der Waals surface area (Å²) in [6, 6.07) is 11.1. The topological polar surface area (TPSA) is 101 Å². The molecule has 29 heavy (non-hydrogen) atoms. The SMILES string of the molecule is CC1COCCC1Oc1n[nH]c2cc(NC(=O)N[C@H](C)c3ccccc3)ncc12. The van der Waals surface area contributed by atoms with E-state index in [1.807, 2.05) is 37.3 Å². The fourth-order valence-corrected chi connectivity index (χ4v) is 3.40. The summed E-state index contributed by atoms with van der Waals surface area (Å²) in [6.45, 7) is 5.42. The van der Waals surface area contributed by atoms with E-state index in [0.717, 1.165) is 22.9 Å². The Bertz CT molecular complexity index is 975. The second kappa shape index (κ2) is 8.48. The Morgan fingerprint density at radius 3 is 2.97 bits per heavy atom. The van der Waals surface area contributed by atoms with Crippen molar-refractivity contribution in [2.24, 2.45) is 5.92 Å². The fourth-order valence-electron chi connectivity index (χ4n) is 3.40. The lowest BCUT2D eigenvalue weighted by Gasteiger charge is -2.28. The summed E-state index contributed by atoms with van der Waals surface area (Å²) in [5.41, 5.74) is 1.78. The number of urea groups is 1. The number of H-pyrrole nitrogens is 1. The third kappa shape index (κ3) is 4.48. The maximum absolute atomic E-state index is 12.3. The van der Waals surface area contributed by atoms with Gasteiger partial charge in [-0.05, 0) is 12.5 Å². The third-order valence-corrected chi connectivity index (χ3v) is 5.13. The number of pyridine rings is 1. The Morgan fingerprint density at radius 2 is 2.17 bits per heavy atom. The number of anilines is 1. The molecule has 152 valence electrons. The number of aromatic nitrogens is 3. The largest absolute Gasteiger partial charge is 0.472 e. The average molecular weight is 395 g/mol. The molecule has 8 nitrogen and oxygen atoms in total. The van der Waals surface area contributed by atoms with Crippen molar-refractivity contribution < 1.29 is 14.3 Å². The van der Waals surface area contributed by atoms with Crippen molar-refractivity contribution in [1.29, 1.82) is 0 Å². The highest BCUT2D eigenvalue weighted by atomic mass is 16.5. The Morgan fingerprint density at radius 1 is 1.34 bits per heavy atom. The van der Waals surface area contributed by atoms with Crippen LogP contribution in [-0.4, -0.2) is 40.5 Å². The standard InChI is InChI=1S/C21H25N5O3/c1-13-12-28-9-8-18(13)29-20-16-11-22-19(10-17(16)25-26-20)24-21(27)23-14(2)15-6-4-3-5-7-15/h3-7,10-11,13-14,18H,8-9,12H2,1-2H3,(H,25,26)(H2,22,23,24,27)/t13?,14-,18?/m1/s1. The summed E-state index contributed by atoms with van der Waals surface area (Å²) in [5, 5.41) is 13.7. The van der Waals surface area contributed by atoms with Crippen LogP contribution < -0.4 is 15.4 Å². The van der Waals surface area contributed by atoms with Gasteiger partial charge in [-0.2, -0.15) is 0 Å². The van der Waals surface area contributed by atoms with Gasteiger partial charge in [0.1, 0.15) is 11.9 Å². The number of fused-ring (bicyclic) bond motifs is 1. The number of nitrogens with one attached hydrogen (secondary N) is 3. The van der Waals surface area contributed by atoms with E-state index in [9.17, 15) is 4.79 Å². The predicted octanol–water partition coefficient (Wildman–Crippen LogP) is 3.64. The van der Waals surface area contributed by atoms with Gasteiger partial charge in [-0.15, -0.1) is 5.10 Å². The number of amides is 2. The van der Waals surface area contributed by atoms with E-state index in [-0.39, 0.29) is 18.2 Å². The first-order chi connectivity index (χ1) is 14.1. The minimum atomic E-state index is -0.319. The lowest BCUT2D eigenvalue weighted by molar-refractivity contribution is -0.0175. The lowest BCUT2D eigenvalue weighted by Crippen LogP contribution is -2.34. The molecule has 3 N–H and O–H groups in total. The van der Waals surface area contributed by atoms with Crippen LogP contribution in [0.2, 0.25) is 0 Å². The maximum atomic E-state index is 12.3. The quantitative estimate of drug-likeness (QED) is 0.612. The number of hydrogen-bond donors (Lipinski definition) is 3. The molecule has 2 unspecified atom stereocenters. The molecule has 1 saturated heterocycles. The molecule has 3 heterocycles. The van der Waals surface area contributed by atoms with Crippen LogP contribution in [0.3, 0.4) is 0 Å². The van der Waals surface area contributed by atoms with Gasteiger partial charge in [-0.1, -0.05) is 37.3 Å². The summed E-state index contributed by atoms with van der Waals surface area (Å²) >= 11 is 0. The van der Waals surface area contributed by atoms with Gasteiger partial charge in [-0.3, -0.25) is 10.4 Å². The molecule has 2 amide bonds. The number of carbonyl (C=O) groups is 1. The van der Waals surface area contributed by atoms with Gasteiger partial charge in [0.25, 0.3) is 0 Å². The summed E-state index contributed by atoms with van der Waals surface area (Å²) < 4.78 is 11.5. The summed E-state index contributed by atoms with van der Waals surface area (Å²) in [5.74, 6) is 1.27. The van der Waals surface area contributed by atoms with Crippen LogP contribution >= 0.6 is 0 Å². The summed E-state index contributed by atoms with van der Waals surface area (Å²) in [6.07, 6.45) is 2.56. The number of aromatic amines is 1. The average Bonchev–Trinajstić information content (AvgIpc) is 3.12. The van der Waals surface area contributed by atoms with Gasteiger partial charge >= 0.3 is 6.03 Å².